The molecule has 0 aromatic heterocycles. The zero-order valence-electron chi connectivity index (χ0n) is 11.4. The highest BCUT2D eigenvalue weighted by Crippen LogP contribution is 2.35. The summed E-state index contributed by atoms with van der Waals surface area (Å²) in [6.07, 6.45) is 2.02. The van der Waals surface area contributed by atoms with Gasteiger partial charge in [-0.2, -0.15) is 0 Å². The molecule has 1 aromatic rings. The number of methoxy groups -OCH3 is 1. The summed E-state index contributed by atoms with van der Waals surface area (Å²) in [7, 11) is 1.56. The summed E-state index contributed by atoms with van der Waals surface area (Å²) in [4.78, 5) is 2.35. The Morgan fingerprint density at radius 2 is 2.26 bits per heavy atom. The largest absolute Gasteiger partial charge is 0.504 e. The van der Waals surface area contributed by atoms with Gasteiger partial charge in [0.2, 0.25) is 0 Å². The Kier molecular flexibility index (Phi) is 4.71. The Morgan fingerprint density at radius 3 is 2.89 bits per heavy atom. The van der Waals surface area contributed by atoms with Gasteiger partial charge in [-0.3, -0.25) is 4.90 Å². The number of rotatable bonds is 3. The Balaban J connectivity index is 2.17. The van der Waals surface area contributed by atoms with Gasteiger partial charge in [0.25, 0.3) is 0 Å². The van der Waals surface area contributed by atoms with Crippen LogP contribution in [0.4, 0.5) is 0 Å². The minimum atomic E-state index is 0.229. The van der Waals surface area contributed by atoms with Gasteiger partial charge in [-0.15, -0.1) is 0 Å². The average molecular weight is 329 g/mol. The third-order valence-corrected chi connectivity index (χ3v) is 4.22. The summed E-state index contributed by atoms with van der Waals surface area (Å²) >= 11 is 3.45. The zero-order chi connectivity index (χ0) is 14.0. The molecule has 106 valence electrons. The molecule has 0 aliphatic carbocycles. The Hall–Kier alpha value is -0.780. The monoisotopic (exact) mass is 328 g/mol. The van der Waals surface area contributed by atoms with E-state index in [9.17, 15) is 5.11 Å². The van der Waals surface area contributed by atoms with Crippen molar-refractivity contribution in [2.75, 3.05) is 13.7 Å². The highest BCUT2D eigenvalue weighted by molar-refractivity contribution is 9.10. The van der Waals surface area contributed by atoms with Crippen LogP contribution in [0.2, 0.25) is 0 Å². The number of halogens is 1. The van der Waals surface area contributed by atoms with E-state index in [2.05, 4.69) is 27.8 Å². The van der Waals surface area contributed by atoms with Gasteiger partial charge in [0.15, 0.2) is 11.5 Å². The van der Waals surface area contributed by atoms with Gasteiger partial charge in [0.1, 0.15) is 0 Å². The number of phenolic OH excluding ortho intramolecular Hbond substituents is 1. The fraction of sp³-hybridized carbons (Fsp3) is 0.571. The topological polar surface area (TPSA) is 58.7 Å². The average Bonchev–Trinajstić information content (AvgIpc) is 2.36. The number of likely N-dealkylation sites (tertiary alicyclic amines) is 1. The molecule has 1 aliphatic heterocycles. The fourth-order valence-corrected chi connectivity index (χ4v) is 3.10. The third-order valence-electron chi connectivity index (χ3n) is 3.77. The van der Waals surface area contributed by atoms with Gasteiger partial charge in [-0.1, -0.05) is 15.9 Å². The molecule has 1 aromatic carbocycles. The van der Waals surface area contributed by atoms with Crippen molar-refractivity contribution in [3.05, 3.63) is 22.2 Å². The van der Waals surface area contributed by atoms with Gasteiger partial charge in [0, 0.05) is 35.2 Å². The fourth-order valence-electron chi connectivity index (χ4n) is 2.62. The number of hydrogen-bond acceptors (Lipinski definition) is 4. The maximum atomic E-state index is 10.2. The van der Waals surface area contributed by atoms with Crippen LogP contribution in [0, 0.1) is 0 Å². The van der Waals surface area contributed by atoms with Crippen molar-refractivity contribution in [3.63, 3.8) is 0 Å². The SMILES string of the molecule is COc1cc(Br)cc(CN2CC[C@H](N)C[C@H]2C)c1O. The molecule has 2 rings (SSSR count). The van der Waals surface area contributed by atoms with Crippen molar-refractivity contribution in [1.29, 1.82) is 0 Å². The molecule has 0 spiro atoms. The first-order valence-corrected chi connectivity index (χ1v) is 7.35. The van der Waals surface area contributed by atoms with Gasteiger partial charge >= 0.3 is 0 Å². The second-order valence-electron chi connectivity index (χ2n) is 5.22. The highest BCUT2D eigenvalue weighted by atomic mass is 79.9. The lowest BCUT2D eigenvalue weighted by molar-refractivity contribution is 0.138. The molecule has 0 unspecified atom stereocenters. The second kappa shape index (κ2) is 6.11. The Morgan fingerprint density at radius 1 is 1.53 bits per heavy atom. The molecular weight excluding hydrogens is 308 g/mol. The van der Waals surface area contributed by atoms with Crippen LogP contribution in [0.25, 0.3) is 0 Å². The van der Waals surface area contributed by atoms with Crippen LogP contribution in [0.15, 0.2) is 16.6 Å². The molecule has 19 heavy (non-hydrogen) atoms. The molecule has 1 fully saturated rings. The van der Waals surface area contributed by atoms with E-state index in [-0.39, 0.29) is 5.75 Å². The number of hydrogen-bond donors (Lipinski definition) is 2. The molecule has 4 nitrogen and oxygen atoms in total. The van der Waals surface area contributed by atoms with E-state index in [1.165, 1.54) is 0 Å². The molecule has 1 saturated heterocycles. The van der Waals surface area contributed by atoms with Crippen LogP contribution in [-0.2, 0) is 6.54 Å². The first-order chi connectivity index (χ1) is 9.01. The molecule has 0 bridgehead atoms. The third kappa shape index (κ3) is 3.41. The van der Waals surface area contributed by atoms with E-state index < -0.39 is 0 Å². The van der Waals surface area contributed by atoms with Crippen LogP contribution in [0.3, 0.4) is 0 Å². The number of benzene rings is 1. The highest BCUT2D eigenvalue weighted by Gasteiger charge is 2.24. The number of ether oxygens (including phenoxy) is 1. The number of phenols is 1. The minimum absolute atomic E-state index is 0.229. The van der Waals surface area contributed by atoms with Crippen molar-refractivity contribution >= 4 is 15.9 Å². The number of nitrogens with zero attached hydrogens (tertiary/aromatic N) is 1. The molecule has 1 aliphatic rings. The number of piperidine rings is 1. The van der Waals surface area contributed by atoms with Crippen molar-refractivity contribution in [1.82, 2.24) is 4.90 Å². The summed E-state index contributed by atoms with van der Waals surface area (Å²) < 4.78 is 6.10. The molecule has 3 N–H and O–H groups in total. The predicted molar refractivity (Wildman–Crippen MR) is 79.4 cm³/mol. The second-order valence-corrected chi connectivity index (χ2v) is 6.14. The summed E-state index contributed by atoms with van der Waals surface area (Å²) in [6, 6.07) is 4.46. The summed E-state index contributed by atoms with van der Waals surface area (Å²) in [5.74, 6) is 0.735. The van der Waals surface area contributed by atoms with E-state index >= 15 is 0 Å². The van der Waals surface area contributed by atoms with Crippen LogP contribution in [0.1, 0.15) is 25.3 Å². The standard InChI is InChI=1S/C14H21BrN2O2/c1-9-5-12(16)3-4-17(9)8-10-6-11(15)7-13(19-2)14(10)18/h6-7,9,12,18H,3-5,8,16H2,1-2H3/t9-,12+/m1/s1. The molecule has 1 heterocycles. The lowest BCUT2D eigenvalue weighted by Crippen LogP contribution is -2.44. The molecule has 0 radical (unpaired) electrons. The van der Waals surface area contributed by atoms with Gasteiger partial charge in [-0.25, -0.2) is 0 Å². The maximum Gasteiger partial charge on any atom is 0.162 e. The summed E-state index contributed by atoms with van der Waals surface area (Å²) in [6.45, 7) is 3.87. The number of nitrogens with two attached hydrogens (primary N) is 1. The Labute approximate surface area is 122 Å². The lowest BCUT2D eigenvalue weighted by atomic mass is 9.98. The number of aromatic hydroxyl groups is 1. The van der Waals surface area contributed by atoms with Crippen LogP contribution in [0.5, 0.6) is 11.5 Å². The van der Waals surface area contributed by atoms with Crippen LogP contribution < -0.4 is 10.5 Å². The quantitative estimate of drug-likeness (QED) is 0.894. The molecule has 5 heteroatoms. The van der Waals surface area contributed by atoms with E-state index in [0.29, 0.717) is 17.8 Å². The van der Waals surface area contributed by atoms with Gasteiger partial charge < -0.3 is 15.6 Å². The van der Waals surface area contributed by atoms with Crippen molar-refractivity contribution in [2.24, 2.45) is 5.73 Å². The van der Waals surface area contributed by atoms with Crippen molar-refractivity contribution < 1.29 is 9.84 Å². The molecular formula is C14H21BrN2O2. The summed E-state index contributed by atoms with van der Waals surface area (Å²) in [5.41, 5.74) is 6.86. The Bertz CT molecular complexity index is 453. The normalized spacial score (nSPS) is 24.4. The van der Waals surface area contributed by atoms with Crippen molar-refractivity contribution in [3.8, 4) is 11.5 Å². The van der Waals surface area contributed by atoms with Gasteiger partial charge in [-0.05, 0) is 31.9 Å². The molecule has 0 amide bonds. The van der Waals surface area contributed by atoms with E-state index in [0.717, 1.165) is 36.0 Å². The van der Waals surface area contributed by atoms with Crippen LogP contribution >= 0.6 is 15.9 Å². The maximum absolute atomic E-state index is 10.2. The van der Waals surface area contributed by atoms with Crippen LogP contribution in [-0.4, -0.2) is 35.7 Å². The van der Waals surface area contributed by atoms with Crippen molar-refractivity contribution in [2.45, 2.75) is 38.4 Å². The molecule has 0 saturated carbocycles. The van der Waals surface area contributed by atoms with E-state index in [4.69, 9.17) is 10.5 Å². The van der Waals surface area contributed by atoms with E-state index in [1.54, 1.807) is 13.2 Å². The molecule has 2 atom stereocenters. The minimum Gasteiger partial charge on any atom is -0.504 e. The first-order valence-electron chi connectivity index (χ1n) is 6.56. The smallest absolute Gasteiger partial charge is 0.162 e. The zero-order valence-corrected chi connectivity index (χ0v) is 13.0. The predicted octanol–water partition coefficient (Wildman–Crippen LogP) is 2.47. The lowest BCUT2D eigenvalue weighted by Gasteiger charge is -2.36. The summed E-state index contributed by atoms with van der Waals surface area (Å²) in [5, 5.41) is 10.2. The first kappa shape index (κ1) is 14.6. The van der Waals surface area contributed by atoms with E-state index in [1.807, 2.05) is 6.07 Å². The van der Waals surface area contributed by atoms with Gasteiger partial charge in [0.05, 0.1) is 7.11 Å².